The van der Waals surface area contributed by atoms with Crippen molar-refractivity contribution in [2.45, 2.75) is 26.7 Å². The van der Waals surface area contributed by atoms with Gasteiger partial charge in [0, 0.05) is 0 Å². The van der Waals surface area contributed by atoms with Crippen molar-refractivity contribution in [3.05, 3.63) is 0 Å². The van der Waals surface area contributed by atoms with Crippen LogP contribution in [0.5, 0.6) is 0 Å². The average Bonchev–Trinajstić information content (AvgIpc) is 2.06. The smallest absolute Gasteiger partial charge is 0.00149 e. The second-order valence-electron chi connectivity index (χ2n) is 4.24. The number of rotatable bonds is 2. The van der Waals surface area contributed by atoms with Crippen LogP contribution in [0, 0.1) is 11.3 Å². The monoisotopic (exact) mass is 156 g/mol. The maximum absolute atomic E-state index is 5.71. The van der Waals surface area contributed by atoms with Gasteiger partial charge < -0.3 is 11.1 Å². The number of nitrogens with one attached hydrogen (secondary N) is 1. The Morgan fingerprint density at radius 3 is 2.73 bits per heavy atom. The summed E-state index contributed by atoms with van der Waals surface area (Å²) in [5, 5.41) is 3.42. The summed E-state index contributed by atoms with van der Waals surface area (Å²) in [6, 6.07) is 0. The molecule has 1 atom stereocenters. The normalized spacial score (nSPS) is 27.0. The van der Waals surface area contributed by atoms with E-state index in [0.717, 1.165) is 19.0 Å². The highest BCUT2D eigenvalue weighted by atomic mass is 14.9. The molecule has 1 heterocycles. The van der Waals surface area contributed by atoms with Crippen molar-refractivity contribution in [3.8, 4) is 0 Å². The SMILES string of the molecule is CC(C)(CN)C1CCCNC1. The van der Waals surface area contributed by atoms with Crippen molar-refractivity contribution < 1.29 is 0 Å². The summed E-state index contributed by atoms with van der Waals surface area (Å²) in [6.45, 7) is 7.69. The summed E-state index contributed by atoms with van der Waals surface area (Å²) in [5.41, 5.74) is 6.04. The third kappa shape index (κ3) is 2.17. The first-order chi connectivity index (χ1) is 5.17. The van der Waals surface area contributed by atoms with Crippen LogP contribution in [-0.2, 0) is 0 Å². The molecule has 0 bridgehead atoms. The van der Waals surface area contributed by atoms with Crippen molar-refractivity contribution >= 4 is 0 Å². The molecule has 1 aliphatic rings. The maximum atomic E-state index is 5.71. The number of nitrogens with two attached hydrogens (primary N) is 1. The Labute approximate surface area is 69.5 Å². The van der Waals surface area contributed by atoms with Gasteiger partial charge in [0.2, 0.25) is 0 Å². The maximum Gasteiger partial charge on any atom is -0.00149 e. The summed E-state index contributed by atoms with van der Waals surface area (Å²) in [7, 11) is 0. The van der Waals surface area contributed by atoms with Crippen LogP contribution in [0.25, 0.3) is 0 Å². The van der Waals surface area contributed by atoms with Crippen LogP contribution >= 0.6 is 0 Å². The molecule has 1 fully saturated rings. The van der Waals surface area contributed by atoms with Gasteiger partial charge >= 0.3 is 0 Å². The molecule has 0 aromatic carbocycles. The number of hydrogen-bond acceptors (Lipinski definition) is 2. The fraction of sp³-hybridized carbons (Fsp3) is 1.00. The molecule has 2 heteroatoms. The lowest BCUT2D eigenvalue weighted by Gasteiger charge is -2.36. The van der Waals surface area contributed by atoms with Gasteiger partial charge in [-0.3, -0.25) is 0 Å². The van der Waals surface area contributed by atoms with Gasteiger partial charge in [0.1, 0.15) is 0 Å². The minimum absolute atomic E-state index is 0.327. The summed E-state index contributed by atoms with van der Waals surface area (Å²) in [4.78, 5) is 0. The number of piperidine rings is 1. The van der Waals surface area contributed by atoms with Crippen LogP contribution in [0.3, 0.4) is 0 Å². The van der Waals surface area contributed by atoms with E-state index in [1.54, 1.807) is 0 Å². The first-order valence-corrected chi connectivity index (χ1v) is 4.57. The summed E-state index contributed by atoms with van der Waals surface area (Å²) in [6.07, 6.45) is 2.66. The van der Waals surface area contributed by atoms with E-state index < -0.39 is 0 Å². The third-order valence-corrected chi connectivity index (χ3v) is 2.93. The fourth-order valence-corrected chi connectivity index (χ4v) is 1.69. The van der Waals surface area contributed by atoms with Crippen LogP contribution in [0.15, 0.2) is 0 Å². The van der Waals surface area contributed by atoms with E-state index in [-0.39, 0.29) is 0 Å². The van der Waals surface area contributed by atoms with Crippen molar-refractivity contribution in [2.24, 2.45) is 17.1 Å². The molecule has 1 saturated heterocycles. The average molecular weight is 156 g/mol. The van der Waals surface area contributed by atoms with Crippen molar-refractivity contribution in [1.29, 1.82) is 0 Å². The highest BCUT2D eigenvalue weighted by Crippen LogP contribution is 2.30. The van der Waals surface area contributed by atoms with Gasteiger partial charge in [0.05, 0.1) is 0 Å². The highest BCUT2D eigenvalue weighted by Gasteiger charge is 2.28. The molecule has 1 rings (SSSR count). The standard InChI is InChI=1S/C9H20N2/c1-9(2,7-10)8-4-3-5-11-6-8/h8,11H,3-7,10H2,1-2H3. The Hall–Kier alpha value is -0.0800. The molecule has 0 spiro atoms. The molecule has 0 radical (unpaired) electrons. The second-order valence-corrected chi connectivity index (χ2v) is 4.24. The van der Waals surface area contributed by atoms with E-state index in [4.69, 9.17) is 5.73 Å². The first-order valence-electron chi connectivity index (χ1n) is 4.57. The predicted molar refractivity (Wildman–Crippen MR) is 48.4 cm³/mol. The summed E-state index contributed by atoms with van der Waals surface area (Å²) < 4.78 is 0. The Morgan fingerprint density at radius 1 is 1.55 bits per heavy atom. The molecule has 0 aromatic rings. The van der Waals surface area contributed by atoms with E-state index in [9.17, 15) is 0 Å². The van der Waals surface area contributed by atoms with E-state index in [2.05, 4.69) is 19.2 Å². The topological polar surface area (TPSA) is 38.0 Å². The van der Waals surface area contributed by atoms with Crippen LogP contribution < -0.4 is 11.1 Å². The highest BCUT2D eigenvalue weighted by molar-refractivity contribution is 4.83. The molecule has 0 aromatic heterocycles. The Kier molecular flexibility index (Phi) is 2.90. The van der Waals surface area contributed by atoms with Crippen LogP contribution in [-0.4, -0.2) is 19.6 Å². The summed E-state index contributed by atoms with van der Waals surface area (Å²) >= 11 is 0. The van der Waals surface area contributed by atoms with Gasteiger partial charge in [-0.2, -0.15) is 0 Å². The minimum Gasteiger partial charge on any atom is -0.330 e. The Balaban J connectivity index is 2.43. The van der Waals surface area contributed by atoms with Gasteiger partial charge in [-0.25, -0.2) is 0 Å². The largest absolute Gasteiger partial charge is 0.330 e. The molecule has 3 N–H and O–H groups in total. The van der Waals surface area contributed by atoms with E-state index in [1.807, 2.05) is 0 Å². The number of hydrogen-bond donors (Lipinski definition) is 2. The van der Waals surface area contributed by atoms with Gasteiger partial charge in [0.25, 0.3) is 0 Å². The Bertz CT molecular complexity index is 115. The van der Waals surface area contributed by atoms with Crippen LogP contribution in [0.1, 0.15) is 26.7 Å². The quantitative estimate of drug-likeness (QED) is 0.625. The third-order valence-electron chi connectivity index (χ3n) is 2.93. The fourth-order valence-electron chi connectivity index (χ4n) is 1.69. The molecule has 0 amide bonds. The molecule has 2 nitrogen and oxygen atoms in total. The van der Waals surface area contributed by atoms with Gasteiger partial charge in [0.15, 0.2) is 0 Å². The first kappa shape index (κ1) is 9.01. The van der Waals surface area contributed by atoms with E-state index >= 15 is 0 Å². The zero-order valence-corrected chi connectivity index (χ0v) is 7.69. The molecule has 0 saturated carbocycles. The zero-order valence-electron chi connectivity index (χ0n) is 7.69. The van der Waals surface area contributed by atoms with Gasteiger partial charge in [-0.15, -0.1) is 0 Å². The molecule has 0 aliphatic carbocycles. The lowest BCUT2D eigenvalue weighted by Crippen LogP contribution is -2.41. The van der Waals surface area contributed by atoms with E-state index in [0.29, 0.717) is 5.41 Å². The molecule has 1 unspecified atom stereocenters. The molecular formula is C9H20N2. The summed E-state index contributed by atoms with van der Waals surface area (Å²) in [5.74, 6) is 0.779. The minimum atomic E-state index is 0.327. The van der Waals surface area contributed by atoms with Crippen LogP contribution in [0.2, 0.25) is 0 Å². The van der Waals surface area contributed by atoms with Crippen molar-refractivity contribution in [2.75, 3.05) is 19.6 Å². The van der Waals surface area contributed by atoms with Crippen molar-refractivity contribution in [1.82, 2.24) is 5.32 Å². The second kappa shape index (κ2) is 3.55. The zero-order chi connectivity index (χ0) is 8.32. The van der Waals surface area contributed by atoms with Gasteiger partial charge in [-0.1, -0.05) is 13.8 Å². The van der Waals surface area contributed by atoms with Crippen LogP contribution in [0.4, 0.5) is 0 Å². The predicted octanol–water partition coefficient (Wildman–Crippen LogP) is 0.971. The molecular weight excluding hydrogens is 136 g/mol. The molecule has 1 aliphatic heterocycles. The molecule has 66 valence electrons. The van der Waals surface area contributed by atoms with Gasteiger partial charge in [-0.05, 0) is 43.8 Å². The Morgan fingerprint density at radius 2 is 2.27 bits per heavy atom. The molecule has 11 heavy (non-hydrogen) atoms. The lowest BCUT2D eigenvalue weighted by atomic mass is 9.75. The lowest BCUT2D eigenvalue weighted by molar-refractivity contribution is 0.180. The van der Waals surface area contributed by atoms with Crippen molar-refractivity contribution in [3.63, 3.8) is 0 Å². The van der Waals surface area contributed by atoms with E-state index in [1.165, 1.54) is 19.4 Å².